The highest BCUT2D eigenvalue weighted by atomic mass is 79.9. The number of sulfonamides is 1. The van der Waals surface area contributed by atoms with E-state index < -0.39 is 10.0 Å². The number of nitrogens with zero attached hydrogens (tertiary/aromatic N) is 1. The zero-order chi connectivity index (χ0) is 19.7. The lowest BCUT2D eigenvalue weighted by Crippen LogP contribution is -2.45. The normalized spacial score (nSPS) is 19.5. The topological polar surface area (TPSA) is 84.9 Å². The van der Waals surface area contributed by atoms with Gasteiger partial charge in [-0.25, -0.2) is 8.42 Å². The SMILES string of the molecule is O=C(NCc1ccc2c(c1)OCO2)C1CCCN(S(=O)(=O)c2ccc(Br)s2)C1. The van der Waals surface area contributed by atoms with Crippen LogP contribution in [0.5, 0.6) is 11.5 Å². The van der Waals surface area contributed by atoms with Gasteiger partial charge in [0.1, 0.15) is 4.21 Å². The van der Waals surface area contributed by atoms with Crippen LogP contribution in [0.4, 0.5) is 0 Å². The smallest absolute Gasteiger partial charge is 0.252 e. The standard InChI is InChI=1S/C18H19BrN2O5S2/c19-16-5-6-17(27-16)28(23,24)21-7-1-2-13(10-21)18(22)20-9-12-3-4-14-15(8-12)26-11-25-14/h3-6,8,13H,1-2,7,9-11H2,(H,20,22). The number of ether oxygens (including phenoxy) is 2. The molecule has 7 nitrogen and oxygen atoms in total. The summed E-state index contributed by atoms with van der Waals surface area (Å²) < 4.78 is 38.7. The Balaban J connectivity index is 1.38. The number of hydrogen-bond acceptors (Lipinski definition) is 6. The van der Waals surface area contributed by atoms with Gasteiger partial charge in [0, 0.05) is 19.6 Å². The molecule has 0 radical (unpaired) electrons. The summed E-state index contributed by atoms with van der Waals surface area (Å²) in [5.74, 6) is 0.873. The van der Waals surface area contributed by atoms with E-state index in [0.717, 1.165) is 9.35 Å². The Morgan fingerprint density at radius 1 is 1.25 bits per heavy atom. The molecule has 2 aliphatic heterocycles. The molecule has 1 aromatic heterocycles. The molecule has 0 saturated carbocycles. The van der Waals surface area contributed by atoms with Gasteiger partial charge in [0.05, 0.1) is 9.70 Å². The summed E-state index contributed by atoms with van der Waals surface area (Å²) in [7, 11) is -3.57. The maximum absolute atomic E-state index is 12.8. The first-order chi connectivity index (χ1) is 13.4. The number of fused-ring (bicyclic) bond motifs is 1. The van der Waals surface area contributed by atoms with Crippen LogP contribution in [-0.2, 0) is 21.4 Å². The monoisotopic (exact) mass is 486 g/mol. The molecule has 1 fully saturated rings. The number of hydrogen-bond donors (Lipinski definition) is 1. The molecule has 0 spiro atoms. The Labute approximate surface area is 175 Å². The summed E-state index contributed by atoms with van der Waals surface area (Å²) in [5.41, 5.74) is 0.904. The largest absolute Gasteiger partial charge is 0.454 e. The number of rotatable bonds is 5. The van der Waals surface area contributed by atoms with Crippen LogP contribution in [0.3, 0.4) is 0 Å². The highest BCUT2D eigenvalue weighted by Crippen LogP contribution is 2.33. The summed E-state index contributed by atoms with van der Waals surface area (Å²) in [6, 6.07) is 8.84. The molecule has 1 saturated heterocycles. The van der Waals surface area contributed by atoms with E-state index in [1.54, 1.807) is 12.1 Å². The average Bonchev–Trinajstić information content (AvgIpc) is 3.34. The van der Waals surface area contributed by atoms with Crippen LogP contribution in [0.15, 0.2) is 38.3 Å². The Hall–Kier alpha value is -1.62. The van der Waals surface area contributed by atoms with E-state index in [1.165, 1.54) is 15.6 Å². The molecule has 3 heterocycles. The fourth-order valence-corrected chi connectivity index (χ4v) is 7.01. The lowest BCUT2D eigenvalue weighted by atomic mass is 9.98. The molecule has 150 valence electrons. The third kappa shape index (κ3) is 4.05. The van der Waals surface area contributed by atoms with E-state index in [9.17, 15) is 13.2 Å². The number of carbonyl (C=O) groups is 1. The minimum atomic E-state index is -3.57. The number of carbonyl (C=O) groups excluding carboxylic acids is 1. The van der Waals surface area contributed by atoms with E-state index in [-0.39, 0.29) is 25.2 Å². The first kappa shape index (κ1) is 19.7. The predicted octanol–water partition coefficient (Wildman–Crippen LogP) is 2.96. The molecule has 4 rings (SSSR count). The Bertz CT molecular complexity index is 992. The van der Waals surface area contributed by atoms with Crippen LogP contribution in [0.2, 0.25) is 0 Å². The molecule has 1 atom stereocenters. The summed E-state index contributed by atoms with van der Waals surface area (Å²) in [6.07, 6.45) is 1.33. The Morgan fingerprint density at radius 2 is 2.07 bits per heavy atom. The number of piperidine rings is 1. The number of amides is 1. The van der Waals surface area contributed by atoms with Crippen molar-refractivity contribution in [3.05, 3.63) is 39.7 Å². The first-order valence-corrected chi connectivity index (χ1v) is 11.9. The summed E-state index contributed by atoms with van der Waals surface area (Å²) in [4.78, 5) is 12.6. The fourth-order valence-electron chi connectivity index (χ4n) is 3.32. The van der Waals surface area contributed by atoms with Gasteiger partial charge in [0.25, 0.3) is 10.0 Å². The van der Waals surface area contributed by atoms with Crippen molar-refractivity contribution in [2.75, 3.05) is 19.9 Å². The van der Waals surface area contributed by atoms with Crippen LogP contribution in [-0.4, -0.2) is 38.5 Å². The van der Waals surface area contributed by atoms with Crippen LogP contribution < -0.4 is 14.8 Å². The zero-order valence-electron chi connectivity index (χ0n) is 14.9. The fraction of sp³-hybridized carbons (Fsp3) is 0.389. The van der Waals surface area contributed by atoms with Crippen LogP contribution >= 0.6 is 27.3 Å². The van der Waals surface area contributed by atoms with E-state index in [1.807, 2.05) is 18.2 Å². The number of nitrogens with one attached hydrogen (secondary N) is 1. The van der Waals surface area contributed by atoms with Gasteiger partial charge in [-0.05, 0) is 58.6 Å². The maximum Gasteiger partial charge on any atom is 0.252 e. The predicted molar refractivity (Wildman–Crippen MR) is 108 cm³/mol. The highest BCUT2D eigenvalue weighted by molar-refractivity contribution is 9.11. The third-order valence-electron chi connectivity index (χ3n) is 4.80. The maximum atomic E-state index is 12.8. The Morgan fingerprint density at radius 3 is 2.86 bits per heavy atom. The van der Waals surface area contributed by atoms with E-state index in [4.69, 9.17) is 9.47 Å². The summed E-state index contributed by atoms with van der Waals surface area (Å²) >= 11 is 4.48. The van der Waals surface area contributed by atoms with E-state index in [0.29, 0.717) is 41.6 Å². The molecular formula is C18H19BrN2O5S2. The average molecular weight is 487 g/mol. The molecule has 0 bridgehead atoms. The van der Waals surface area contributed by atoms with Gasteiger partial charge in [-0.2, -0.15) is 4.31 Å². The van der Waals surface area contributed by atoms with Gasteiger partial charge in [0.15, 0.2) is 11.5 Å². The molecule has 1 amide bonds. The lowest BCUT2D eigenvalue weighted by molar-refractivity contribution is -0.126. The van der Waals surface area contributed by atoms with Crippen molar-refractivity contribution in [2.24, 2.45) is 5.92 Å². The van der Waals surface area contributed by atoms with Gasteiger partial charge in [-0.15, -0.1) is 11.3 Å². The van der Waals surface area contributed by atoms with Crippen molar-refractivity contribution in [3.63, 3.8) is 0 Å². The van der Waals surface area contributed by atoms with Crippen molar-refractivity contribution in [1.29, 1.82) is 0 Å². The molecule has 10 heteroatoms. The summed E-state index contributed by atoms with van der Waals surface area (Å²) in [6.45, 7) is 1.20. The molecule has 1 aromatic carbocycles. The molecule has 28 heavy (non-hydrogen) atoms. The van der Waals surface area contributed by atoms with Crippen molar-refractivity contribution >= 4 is 43.2 Å². The molecular weight excluding hydrogens is 468 g/mol. The summed E-state index contributed by atoms with van der Waals surface area (Å²) in [5, 5.41) is 2.91. The second-order valence-electron chi connectivity index (χ2n) is 6.67. The molecule has 1 N–H and O–H groups in total. The van der Waals surface area contributed by atoms with Crippen LogP contribution in [0.1, 0.15) is 18.4 Å². The van der Waals surface area contributed by atoms with Gasteiger partial charge >= 0.3 is 0 Å². The number of halogens is 1. The molecule has 2 aliphatic rings. The Kier molecular flexibility index (Phi) is 5.64. The van der Waals surface area contributed by atoms with Crippen LogP contribution in [0, 0.1) is 5.92 Å². The van der Waals surface area contributed by atoms with Crippen molar-refractivity contribution < 1.29 is 22.7 Å². The van der Waals surface area contributed by atoms with Gasteiger partial charge in [-0.1, -0.05) is 6.07 Å². The quantitative estimate of drug-likeness (QED) is 0.701. The zero-order valence-corrected chi connectivity index (χ0v) is 18.1. The molecule has 0 aliphatic carbocycles. The molecule has 2 aromatic rings. The highest BCUT2D eigenvalue weighted by Gasteiger charge is 2.34. The minimum Gasteiger partial charge on any atom is -0.454 e. The van der Waals surface area contributed by atoms with E-state index in [2.05, 4.69) is 21.2 Å². The van der Waals surface area contributed by atoms with Crippen molar-refractivity contribution in [1.82, 2.24) is 9.62 Å². The number of thiophene rings is 1. The van der Waals surface area contributed by atoms with Gasteiger partial charge in [0.2, 0.25) is 12.7 Å². The first-order valence-electron chi connectivity index (χ1n) is 8.85. The minimum absolute atomic E-state index is 0.134. The second-order valence-corrected chi connectivity index (χ2v) is 11.3. The molecule has 1 unspecified atom stereocenters. The van der Waals surface area contributed by atoms with Crippen LogP contribution in [0.25, 0.3) is 0 Å². The van der Waals surface area contributed by atoms with Gasteiger partial charge < -0.3 is 14.8 Å². The lowest BCUT2D eigenvalue weighted by Gasteiger charge is -2.30. The van der Waals surface area contributed by atoms with E-state index >= 15 is 0 Å². The van der Waals surface area contributed by atoms with Gasteiger partial charge in [-0.3, -0.25) is 4.79 Å². The van der Waals surface area contributed by atoms with Crippen molar-refractivity contribution in [3.8, 4) is 11.5 Å². The number of benzene rings is 1. The third-order valence-corrected chi connectivity index (χ3v) is 8.76. The second kappa shape index (κ2) is 8.02. The van der Waals surface area contributed by atoms with Crippen molar-refractivity contribution in [2.45, 2.75) is 23.6 Å².